The maximum absolute atomic E-state index is 13.0. The molecule has 0 aromatic heterocycles. The van der Waals surface area contributed by atoms with E-state index in [1.165, 1.54) is 0 Å². The lowest BCUT2D eigenvalue weighted by Crippen LogP contribution is -2.62. The minimum absolute atomic E-state index is 0.414. The van der Waals surface area contributed by atoms with Crippen molar-refractivity contribution >= 4 is 5.91 Å². The number of hydrogen-bond donors (Lipinski definition) is 2. The lowest BCUT2D eigenvalue weighted by Gasteiger charge is -2.42. The van der Waals surface area contributed by atoms with Gasteiger partial charge in [0.15, 0.2) is 0 Å². The van der Waals surface area contributed by atoms with Crippen LogP contribution in [0.15, 0.2) is 0 Å². The molecule has 27 heavy (non-hydrogen) atoms. The number of halogens is 9. The third-order valence-corrected chi connectivity index (χ3v) is 5.35. The summed E-state index contributed by atoms with van der Waals surface area (Å²) in [7, 11) is 0. The molecule has 0 saturated heterocycles. The third-order valence-electron chi connectivity index (χ3n) is 5.35. The summed E-state index contributed by atoms with van der Waals surface area (Å²) in [5.74, 6) is -3.59. The van der Waals surface area contributed by atoms with E-state index in [4.69, 9.17) is 0 Å². The molecule has 0 radical (unpaired) electrons. The van der Waals surface area contributed by atoms with Crippen LogP contribution in [0.4, 0.5) is 39.5 Å². The van der Waals surface area contributed by atoms with E-state index < -0.39 is 79.5 Å². The summed E-state index contributed by atoms with van der Waals surface area (Å²) in [6.45, 7) is 1.80. The van der Waals surface area contributed by atoms with Crippen LogP contribution in [-0.2, 0) is 4.79 Å². The Labute approximate surface area is 149 Å². The van der Waals surface area contributed by atoms with Crippen molar-refractivity contribution in [2.24, 2.45) is 11.3 Å². The summed E-state index contributed by atoms with van der Waals surface area (Å²) in [6.07, 6.45) is -19.7. The molecule has 1 atom stereocenters. The van der Waals surface area contributed by atoms with E-state index >= 15 is 0 Å². The fourth-order valence-corrected chi connectivity index (χ4v) is 3.11. The van der Waals surface area contributed by atoms with Gasteiger partial charge >= 0.3 is 18.5 Å². The lowest BCUT2D eigenvalue weighted by atomic mass is 9.74. The van der Waals surface area contributed by atoms with Crippen molar-refractivity contribution in [3.63, 3.8) is 0 Å². The van der Waals surface area contributed by atoms with Crippen LogP contribution in [0, 0.1) is 11.3 Å². The number of alkyl halides is 9. The summed E-state index contributed by atoms with van der Waals surface area (Å²) in [4.78, 5) is 12.0. The fourth-order valence-electron chi connectivity index (χ4n) is 3.11. The van der Waals surface area contributed by atoms with Crippen molar-refractivity contribution in [1.82, 2.24) is 5.32 Å². The van der Waals surface area contributed by atoms with Gasteiger partial charge in [0.1, 0.15) is 5.41 Å². The third kappa shape index (κ3) is 4.29. The normalized spacial score (nSPS) is 25.0. The van der Waals surface area contributed by atoms with Gasteiger partial charge in [-0.15, -0.1) is 0 Å². The highest BCUT2D eigenvalue weighted by molar-refractivity contribution is 5.83. The lowest BCUT2D eigenvalue weighted by molar-refractivity contribution is -0.387. The Hall–Kier alpha value is -1.20. The van der Waals surface area contributed by atoms with Crippen LogP contribution in [0.3, 0.4) is 0 Å². The number of nitrogens with one attached hydrogen (secondary N) is 1. The predicted octanol–water partition coefficient (Wildman–Crippen LogP) is 4.50. The Balaban J connectivity index is 2.87. The number of carbonyl (C=O) groups excluding carboxylic acids is 1. The van der Waals surface area contributed by atoms with Gasteiger partial charge < -0.3 is 10.4 Å². The minimum Gasteiger partial charge on any atom is -0.373 e. The smallest absolute Gasteiger partial charge is 0.373 e. The molecule has 2 N–H and O–H groups in total. The highest BCUT2D eigenvalue weighted by Gasteiger charge is 2.73. The Morgan fingerprint density at radius 3 is 1.59 bits per heavy atom. The summed E-state index contributed by atoms with van der Waals surface area (Å²) < 4.78 is 116. The molecule has 0 heterocycles. The largest absolute Gasteiger partial charge is 0.426 e. The second kappa shape index (κ2) is 7.32. The zero-order valence-corrected chi connectivity index (χ0v) is 14.4. The van der Waals surface area contributed by atoms with Gasteiger partial charge in [-0.1, -0.05) is 6.92 Å². The van der Waals surface area contributed by atoms with E-state index in [0.717, 1.165) is 6.92 Å². The Morgan fingerprint density at radius 1 is 0.889 bits per heavy atom. The van der Waals surface area contributed by atoms with Gasteiger partial charge in [-0.25, -0.2) is 0 Å². The fraction of sp³-hybridized carbons (Fsp3) is 0.933. The number of aliphatic hydroxyl groups is 1. The molecular formula is C15H20F9NO2. The van der Waals surface area contributed by atoms with Crippen molar-refractivity contribution in [3.05, 3.63) is 0 Å². The number of carbonyl (C=O) groups is 1. The van der Waals surface area contributed by atoms with Crippen molar-refractivity contribution in [1.29, 1.82) is 0 Å². The topological polar surface area (TPSA) is 49.3 Å². The molecule has 1 amide bonds. The van der Waals surface area contributed by atoms with E-state index in [0.29, 0.717) is 6.92 Å². The molecule has 1 rings (SSSR count). The van der Waals surface area contributed by atoms with E-state index in [1.54, 1.807) is 0 Å². The SMILES string of the molecule is CCC(C)(C(=O)NC1CCC(C(O)(C(F)(F)F)C(F)(F)F)CC1)C(F)(F)F. The quantitative estimate of drug-likeness (QED) is 0.662. The molecule has 0 aliphatic heterocycles. The molecule has 160 valence electrons. The molecule has 1 aliphatic carbocycles. The Bertz CT molecular complexity index is 519. The van der Waals surface area contributed by atoms with E-state index in [2.05, 4.69) is 5.32 Å². The minimum atomic E-state index is -5.96. The maximum atomic E-state index is 13.0. The second-order valence-electron chi connectivity index (χ2n) is 6.97. The van der Waals surface area contributed by atoms with Crippen molar-refractivity contribution in [2.45, 2.75) is 76.1 Å². The molecule has 0 aromatic carbocycles. The van der Waals surface area contributed by atoms with Gasteiger partial charge in [0.2, 0.25) is 5.91 Å². The molecular weight excluding hydrogens is 397 g/mol. The Morgan fingerprint density at radius 2 is 1.30 bits per heavy atom. The molecule has 12 heteroatoms. The first kappa shape index (κ1) is 23.8. The second-order valence-corrected chi connectivity index (χ2v) is 6.97. The van der Waals surface area contributed by atoms with Gasteiger partial charge in [0.25, 0.3) is 5.60 Å². The van der Waals surface area contributed by atoms with Crippen LogP contribution in [0.5, 0.6) is 0 Å². The highest BCUT2D eigenvalue weighted by Crippen LogP contribution is 2.51. The summed E-state index contributed by atoms with van der Waals surface area (Å²) in [5, 5.41) is 11.4. The zero-order valence-electron chi connectivity index (χ0n) is 14.4. The molecule has 0 spiro atoms. The van der Waals surface area contributed by atoms with Crippen LogP contribution >= 0.6 is 0 Å². The van der Waals surface area contributed by atoms with Gasteiger partial charge in [-0.05, 0) is 39.0 Å². The molecule has 1 saturated carbocycles. The van der Waals surface area contributed by atoms with Gasteiger partial charge in [0.05, 0.1) is 0 Å². The average Bonchev–Trinajstić information content (AvgIpc) is 2.50. The first-order chi connectivity index (χ1) is 11.9. The van der Waals surface area contributed by atoms with Crippen molar-refractivity contribution in [3.8, 4) is 0 Å². The molecule has 0 bridgehead atoms. The molecule has 1 unspecified atom stereocenters. The zero-order chi connectivity index (χ0) is 21.5. The summed E-state index contributed by atoms with van der Waals surface area (Å²) in [5.41, 5.74) is -7.62. The van der Waals surface area contributed by atoms with E-state index in [-0.39, 0.29) is 0 Å². The monoisotopic (exact) mass is 417 g/mol. The highest BCUT2D eigenvalue weighted by atomic mass is 19.4. The van der Waals surface area contributed by atoms with E-state index in [1.807, 2.05) is 0 Å². The van der Waals surface area contributed by atoms with Crippen LogP contribution < -0.4 is 5.32 Å². The number of hydrogen-bond acceptors (Lipinski definition) is 2. The summed E-state index contributed by atoms with van der Waals surface area (Å²) in [6, 6.07) is -1.01. The first-order valence-electron chi connectivity index (χ1n) is 8.15. The first-order valence-corrected chi connectivity index (χ1v) is 8.15. The van der Waals surface area contributed by atoms with Crippen LogP contribution in [0.1, 0.15) is 46.0 Å². The van der Waals surface area contributed by atoms with Crippen molar-refractivity contribution < 1.29 is 49.4 Å². The van der Waals surface area contributed by atoms with Gasteiger partial charge in [-0.2, -0.15) is 39.5 Å². The molecule has 1 aliphatic rings. The van der Waals surface area contributed by atoms with Crippen molar-refractivity contribution in [2.75, 3.05) is 0 Å². The summed E-state index contributed by atoms with van der Waals surface area (Å²) >= 11 is 0. The number of amides is 1. The van der Waals surface area contributed by atoms with Crippen LogP contribution in [-0.4, -0.2) is 41.2 Å². The van der Waals surface area contributed by atoms with Gasteiger partial charge in [-0.3, -0.25) is 4.79 Å². The average molecular weight is 417 g/mol. The molecule has 1 fully saturated rings. The molecule has 0 aromatic rings. The molecule has 3 nitrogen and oxygen atoms in total. The van der Waals surface area contributed by atoms with E-state index in [9.17, 15) is 49.4 Å². The van der Waals surface area contributed by atoms with Crippen LogP contribution in [0.25, 0.3) is 0 Å². The number of rotatable bonds is 4. The van der Waals surface area contributed by atoms with Crippen LogP contribution in [0.2, 0.25) is 0 Å². The predicted molar refractivity (Wildman–Crippen MR) is 75.4 cm³/mol. The van der Waals surface area contributed by atoms with Gasteiger partial charge in [0, 0.05) is 12.0 Å². The maximum Gasteiger partial charge on any atom is 0.426 e. The Kier molecular flexibility index (Phi) is 6.47. The standard InChI is InChI=1S/C15H20F9NO2/c1-3-11(2,13(16,17)18)10(26)25-9-6-4-8(5-7-9)12(27,14(19,20)21)15(22,23)24/h8-9,27H,3-7H2,1-2H3,(H,25,26).